The molecule has 0 bridgehead atoms. The Bertz CT molecular complexity index is 1250. The molecule has 0 N–H and O–H groups in total. The lowest BCUT2D eigenvalue weighted by atomic mass is 10.00. The molecule has 10 heteroatoms. The molecule has 8 nitrogen and oxygen atoms in total. The smallest absolute Gasteiger partial charge is 0.253 e. The zero-order chi connectivity index (χ0) is 30.5. The second kappa shape index (κ2) is 17.0. The molecule has 0 unspecified atom stereocenters. The number of nitrogens with zero attached hydrogens (tertiary/aromatic N) is 3. The number of halogens is 1. The van der Waals surface area contributed by atoms with E-state index in [1.807, 2.05) is 47.4 Å². The van der Waals surface area contributed by atoms with Gasteiger partial charge in [-0.25, -0.2) is 8.42 Å². The summed E-state index contributed by atoms with van der Waals surface area (Å²) in [5.74, 6) is -0.301. The molecule has 2 aromatic carbocycles. The molecule has 42 heavy (non-hydrogen) atoms. The van der Waals surface area contributed by atoms with Crippen molar-refractivity contribution in [2.75, 3.05) is 45.6 Å². The van der Waals surface area contributed by atoms with Crippen LogP contribution in [-0.4, -0.2) is 86.0 Å². The molecule has 1 aliphatic heterocycles. The molecule has 1 aliphatic rings. The van der Waals surface area contributed by atoms with E-state index < -0.39 is 10.0 Å². The molecule has 1 fully saturated rings. The van der Waals surface area contributed by atoms with Crippen LogP contribution < -0.4 is 0 Å². The first-order chi connectivity index (χ1) is 20.2. The lowest BCUT2D eigenvalue weighted by molar-refractivity contribution is -0.135. The molecule has 1 saturated heterocycles. The Hall–Kier alpha value is -2.46. The van der Waals surface area contributed by atoms with Crippen molar-refractivity contribution >= 4 is 33.4 Å². The normalized spacial score (nSPS) is 14.4. The van der Waals surface area contributed by atoms with Gasteiger partial charge in [0.25, 0.3) is 5.91 Å². The van der Waals surface area contributed by atoms with Gasteiger partial charge >= 0.3 is 0 Å². The van der Waals surface area contributed by atoms with Crippen LogP contribution in [-0.2, 0) is 32.5 Å². The number of rotatable bonds is 16. The zero-order valence-corrected chi connectivity index (χ0v) is 26.8. The third kappa shape index (κ3) is 10.1. The molecule has 0 aliphatic carbocycles. The summed E-state index contributed by atoms with van der Waals surface area (Å²) in [7, 11) is -2.10. The fraction of sp³-hybridized carbons (Fsp3) is 0.562. The van der Waals surface area contributed by atoms with Gasteiger partial charge < -0.3 is 14.5 Å². The highest BCUT2D eigenvalue weighted by Gasteiger charge is 2.33. The summed E-state index contributed by atoms with van der Waals surface area (Å²) in [6.45, 7) is 5.39. The van der Waals surface area contributed by atoms with Gasteiger partial charge in [-0.15, -0.1) is 0 Å². The second-order valence-corrected chi connectivity index (χ2v) is 13.5. The Kier molecular flexibility index (Phi) is 13.8. The van der Waals surface area contributed by atoms with Gasteiger partial charge in [-0.3, -0.25) is 9.59 Å². The number of ether oxygens (including phenoxy) is 1. The number of methoxy groups -OCH3 is 1. The fourth-order valence-electron chi connectivity index (χ4n) is 5.35. The number of likely N-dealkylation sites (tertiary alicyclic amines) is 1. The maximum atomic E-state index is 13.8. The van der Waals surface area contributed by atoms with Crippen LogP contribution in [0.3, 0.4) is 0 Å². The number of amides is 2. The van der Waals surface area contributed by atoms with Crippen LogP contribution in [0.2, 0.25) is 5.02 Å². The number of carbonyl (C=O) groups excluding carboxylic acids is 2. The van der Waals surface area contributed by atoms with Crippen LogP contribution in [0.15, 0.2) is 48.5 Å². The van der Waals surface area contributed by atoms with Crippen molar-refractivity contribution in [3.05, 3.63) is 70.2 Å². The number of hydrogen-bond acceptors (Lipinski definition) is 5. The topological polar surface area (TPSA) is 87.2 Å². The van der Waals surface area contributed by atoms with Crippen LogP contribution in [0.4, 0.5) is 0 Å². The molecule has 2 amide bonds. The molecular weight excluding hydrogens is 574 g/mol. The molecule has 2 aromatic rings. The van der Waals surface area contributed by atoms with Gasteiger partial charge in [-0.1, -0.05) is 62.6 Å². The average Bonchev–Trinajstić information content (AvgIpc) is 2.98. The molecule has 0 radical (unpaired) electrons. The minimum Gasteiger partial charge on any atom is -0.383 e. The van der Waals surface area contributed by atoms with Crippen molar-refractivity contribution in [1.82, 2.24) is 14.1 Å². The van der Waals surface area contributed by atoms with E-state index in [0.717, 1.165) is 18.4 Å². The standard InChI is InChI=1S/C32H46ClN3O5S/c1-4-6-7-9-26-12-14-28(15-13-26)32(38)34-18-16-30(17-19-34)36(24-27-10-8-11-29(33)23-27)31(37)25-35(20-21-41-3)42(39,40)22-5-2/h8,10-15,23,30H,4-7,9,16-22,24-25H2,1-3H3. The predicted molar refractivity (Wildman–Crippen MR) is 168 cm³/mol. The molecule has 0 atom stereocenters. The average molecular weight is 620 g/mol. The van der Waals surface area contributed by atoms with E-state index in [1.54, 1.807) is 17.9 Å². The van der Waals surface area contributed by atoms with Crippen LogP contribution in [0.1, 0.15) is 73.9 Å². The van der Waals surface area contributed by atoms with Gasteiger partial charge in [-0.2, -0.15) is 4.31 Å². The number of carbonyl (C=O) groups is 2. The zero-order valence-electron chi connectivity index (χ0n) is 25.3. The van der Waals surface area contributed by atoms with E-state index in [-0.39, 0.29) is 43.3 Å². The second-order valence-electron chi connectivity index (χ2n) is 11.0. The summed E-state index contributed by atoms with van der Waals surface area (Å²) in [4.78, 5) is 30.7. The van der Waals surface area contributed by atoms with Crippen LogP contribution >= 0.6 is 11.6 Å². The molecule has 0 spiro atoms. The highest BCUT2D eigenvalue weighted by molar-refractivity contribution is 7.89. The van der Waals surface area contributed by atoms with Gasteiger partial charge in [0.1, 0.15) is 0 Å². The van der Waals surface area contributed by atoms with Crippen molar-refractivity contribution in [3.8, 4) is 0 Å². The minimum atomic E-state index is -3.61. The Labute approximate surface area is 257 Å². The molecule has 0 saturated carbocycles. The number of aryl methyl sites for hydroxylation is 1. The Morgan fingerprint density at radius 1 is 1.00 bits per heavy atom. The molecule has 0 aromatic heterocycles. The molecular formula is C32H46ClN3O5S. The lowest BCUT2D eigenvalue weighted by Crippen LogP contribution is -2.51. The molecule has 1 heterocycles. The van der Waals surface area contributed by atoms with Crippen LogP contribution in [0.5, 0.6) is 0 Å². The largest absolute Gasteiger partial charge is 0.383 e. The SMILES string of the molecule is CCCCCc1ccc(C(=O)N2CCC(N(Cc3cccc(Cl)c3)C(=O)CN(CCOC)S(=O)(=O)CCC)CC2)cc1. The van der Waals surface area contributed by atoms with Gasteiger partial charge in [0.05, 0.1) is 18.9 Å². The summed E-state index contributed by atoms with van der Waals surface area (Å²) in [6.07, 6.45) is 6.22. The van der Waals surface area contributed by atoms with Gasteiger partial charge in [0, 0.05) is 49.9 Å². The van der Waals surface area contributed by atoms with Crippen molar-refractivity contribution in [3.63, 3.8) is 0 Å². The quantitative estimate of drug-likeness (QED) is 0.235. The number of hydrogen-bond donors (Lipinski definition) is 0. The molecule has 3 rings (SSSR count). The van der Waals surface area contributed by atoms with E-state index in [9.17, 15) is 18.0 Å². The van der Waals surface area contributed by atoms with Crippen molar-refractivity contribution < 1.29 is 22.7 Å². The first-order valence-electron chi connectivity index (χ1n) is 15.1. The number of benzene rings is 2. The highest BCUT2D eigenvalue weighted by Crippen LogP contribution is 2.23. The third-order valence-corrected chi connectivity index (χ3v) is 9.99. The first kappa shape index (κ1) is 34.0. The van der Waals surface area contributed by atoms with E-state index in [4.69, 9.17) is 16.3 Å². The minimum absolute atomic E-state index is 0.00215. The van der Waals surface area contributed by atoms with E-state index in [2.05, 4.69) is 6.92 Å². The summed E-state index contributed by atoms with van der Waals surface area (Å²) in [5, 5.41) is 0.573. The predicted octanol–water partition coefficient (Wildman–Crippen LogP) is 5.39. The lowest BCUT2D eigenvalue weighted by Gasteiger charge is -2.39. The van der Waals surface area contributed by atoms with E-state index in [0.29, 0.717) is 49.5 Å². The van der Waals surface area contributed by atoms with Crippen molar-refractivity contribution in [2.45, 2.75) is 71.4 Å². The van der Waals surface area contributed by atoms with Crippen LogP contribution in [0, 0.1) is 0 Å². The van der Waals surface area contributed by atoms with Crippen molar-refractivity contribution in [1.29, 1.82) is 0 Å². The van der Waals surface area contributed by atoms with Gasteiger partial charge in [0.15, 0.2) is 0 Å². The summed E-state index contributed by atoms with van der Waals surface area (Å²) in [6, 6.07) is 15.1. The highest BCUT2D eigenvalue weighted by atomic mass is 35.5. The first-order valence-corrected chi connectivity index (χ1v) is 17.1. The number of unbranched alkanes of at least 4 members (excludes halogenated alkanes) is 2. The Morgan fingerprint density at radius 2 is 1.71 bits per heavy atom. The third-order valence-electron chi connectivity index (χ3n) is 7.74. The summed E-state index contributed by atoms with van der Waals surface area (Å²) in [5.41, 5.74) is 2.79. The Balaban J connectivity index is 1.72. The van der Waals surface area contributed by atoms with Gasteiger partial charge in [0.2, 0.25) is 15.9 Å². The van der Waals surface area contributed by atoms with Gasteiger partial charge in [-0.05, 0) is 67.5 Å². The van der Waals surface area contributed by atoms with E-state index >= 15 is 0 Å². The molecule has 232 valence electrons. The van der Waals surface area contributed by atoms with Crippen LogP contribution in [0.25, 0.3) is 0 Å². The maximum absolute atomic E-state index is 13.8. The summed E-state index contributed by atoms with van der Waals surface area (Å²) < 4.78 is 32.3. The Morgan fingerprint density at radius 3 is 2.33 bits per heavy atom. The number of piperidine rings is 1. The monoisotopic (exact) mass is 619 g/mol. The summed E-state index contributed by atoms with van der Waals surface area (Å²) >= 11 is 6.23. The van der Waals surface area contributed by atoms with E-state index in [1.165, 1.54) is 29.8 Å². The number of sulfonamides is 1. The fourth-order valence-corrected chi connectivity index (χ4v) is 6.99. The van der Waals surface area contributed by atoms with Crippen molar-refractivity contribution in [2.24, 2.45) is 0 Å². The maximum Gasteiger partial charge on any atom is 0.253 e.